The van der Waals surface area contributed by atoms with Crippen molar-refractivity contribution in [2.24, 2.45) is 0 Å². The molecule has 22 heavy (non-hydrogen) atoms. The zero-order valence-corrected chi connectivity index (χ0v) is 18.1. The fraction of sp³-hybridized carbons (Fsp3) is 0.824. The molecular weight excluding hydrogens is 308 g/mol. The molecule has 0 unspecified atom stereocenters. The van der Waals surface area contributed by atoms with Gasteiger partial charge in [-0.15, -0.1) is 0 Å². The summed E-state index contributed by atoms with van der Waals surface area (Å²) in [5, 5.41) is 0.205. The molecule has 0 aromatic rings. The minimum absolute atomic E-state index is 0.202. The van der Waals surface area contributed by atoms with Gasteiger partial charge in [0.2, 0.25) is 0 Å². The number of ether oxygens (including phenoxy) is 1. The highest BCUT2D eigenvalue weighted by atomic mass is 28.4. The second-order valence-corrected chi connectivity index (χ2v) is 19.1. The topological polar surface area (TPSA) is 35.5 Å². The predicted octanol–water partition coefficient (Wildman–Crippen LogP) is 5.22. The summed E-state index contributed by atoms with van der Waals surface area (Å²) in [4.78, 5) is 11.2. The molecule has 0 aromatic carbocycles. The van der Waals surface area contributed by atoms with Gasteiger partial charge in [-0.2, -0.15) is 0 Å². The van der Waals surface area contributed by atoms with Gasteiger partial charge in [-0.25, -0.2) is 4.79 Å². The predicted molar refractivity (Wildman–Crippen MR) is 101 cm³/mol. The van der Waals surface area contributed by atoms with Crippen LogP contribution in [0.1, 0.15) is 33.6 Å². The Morgan fingerprint density at radius 3 is 2.09 bits per heavy atom. The number of hydrogen-bond acceptors (Lipinski definition) is 3. The van der Waals surface area contributed by atoms with Crippen LogP contribution in [-0.2, 0) is 14.0 Å². The molecule has 0 spiro atoms. The molecule has 0 N–H and O–H groups in total. The van der Waals surface area contributed by atoms with E-state index in [1.807, 2.05) is 6.08 Å². The summed E-state index contributed by atoms with van der Waals surface area (Å²) in [6.45, 7) is 18.5. The summed E-state index contributed by atoms with van der Waals surface area (Å²) in [6, 6.07) is 1.25. The van der Waals surface area contributed by atoms with Gasteiger partial charge in [0.15, 0.2) is 8.32 Å². The van der Waals surface area contributed by atoms with E-state index in [1.54, 1.807) is 0 Å². The molecule has 0 aliphatic carbocycles. The van der Waals surface area contributed by atoms with Crippen LogP contribution in [0, 0.1) is 0 Å². The SMILES string of the molecule is COC(=O)/C=C/C[C@@H](CC[Si](C)(C)C)O[Si](C)(C)C(C)(C)C. The van der Waals surface area contributed by atoms with Crippen molar-refractivity contribution >= 4 is 22.4 Å². The highest BCUT2D eigenvalue weighted by molar-refractivity contribution is 6.76. The minimum atomic E-state index is -1.78. The first-order valence-corrected chi connectivity index (χ1v) is 14.8. The molecule has 0 aliphatic heterocycles. The van der Waals surface area contributed by atoms with Gasteiger partial charge in [-0.3, -0.25) is 0 Å². The number of rotatable bonds is 8. The highest BCUT2D eigenvalue weighted by Crippen LogP contribution is 2.38. The molecule has 0 saturated carbocycles. The first-order valence-electron chi connectivity index (χ1n) is 8.21. The van der Waals surface area contributed by atoms with E-state index in [0.717, 1.165) is 12.8 Å². The van der Waals surface area contributed by atoms with Crippen LogP contribution < -0.4 is 0 Å². The fourth-order valence-electron chi connectivity index (χ4n) is 1.80. The second-order valence-electron chi connectivity index (χ2n) is 8.76. The van der Waals surface area contributed by atoms with Crippen LogP contribution in [0.15, 0.2) is 12.2 Å². The minimum Gasteiger partial charge on any atom is -0.466 e. The maximum absolute atomic E-state index is 11.2. The average molecular weight is 345 g/mol. The second kappa shape index (κ2) is 8.45. The van der Waals surface area contributed by atoms with Gasteiger partial charge in [0, 0.05) is 20.3 Å². The van der Waals surface area contributed by atoms with Gasteiger partial charge < -0.3 is 9.16 Å². The van der Waals surface area contributed by atoms with Gasteiger partial charge in [-0.1, -0.05) is 52.5 Å². The fourth-order valence-corrected chi connectivity index (χ4v) is 4.39. The number of methoxy groups -OCH3 is 1. The third-order valence-electron chi connectivity index (χ3n) is 4.34. The normalized spacial score (nSPS) is 15.1. The Bertz CT molecular complexity index is 376. The summed E-state index contributed by atoms with van der Waals surface area (Å²) >= 11 is 0. The van der Waals surface area contributed by atoms with Crippen LogP contribution in [0.4, 0.5) is 0 Å². The van der Waals surface area contributed by atoms with Crippen LogP contribution in [-0.4, -0.2) is 35.6 Å². The van der Waals surface area contributed by atoms with E-state index in [-0.39, 0.29) is 17.1 Å². The van der Waals surface area contributed by atoms with Gasteiger partial charge in [0.1, 0.15) is 0 Å². The zero-order valence-electron chi connectivity index (χ0n) is 16.1. The van der Waals surface area contributed by atoms with Gasteiger partial charge in [0.25, 0.3) is 0 Å². The quantitative estimate of drug-likeness (QED) is 0.344. The van der Waals surface area contributed by atoms with Crippen molar-refractivity contribution in [2.75, 3.05) is 7.11 Å². The first-order chi connectivity index (χ1) is 9.78. The third kappa shape index (κ3) is 8.90. The average Bonchev–Trinajstić information content (AvgIpc) is 2.32. The van der Waals surface area contributed by atoms with E-state index in [9.17, 15) is 4.79 Å². The molecule has 3 nitrogen and oxygen atoms in total. The molecule has 0 heterocycles. The molecule has 0 radical (unpaired) electrons. The third-order valence-corrected chi connectivity index (χ3v) is 10.7. The number of carbonyl (C=O) groups is 1. The lowest BCUT2D eigenvalue weighted by Crippen LogP contribution is -2.44. The summed E-state index contributed by atoms with van der Waals surface area (Å²) in [5.74, 6) is -0.295. The molecule has 0 fully saturated rings. The van der Waals surface area contributed by atoms with Crippen LogP contribution in [0.3, 0.4) is 0 Å². The summed E-state index contributed by atoms with van der Waals surface area (Å²) in [7, 11) is -1.47. The molecule has 0 rings (SSSR count). The van der Waals surface area contributed by atoms with E-state index < -0.39 is 16.4 Å². The van der Waals surface area contributed by atoms with Crippen LogP contribution in [0.5, 0.6) is 0 Å². The maximum atomic E-state index is 11.2. The van der Waals surface area contributed by atoms with E-state index in [1.165, 1.54) is 19.2 Å². The maximum Gasteiger partial charge on any atom is 0.330 e. The van der Waals surface area contributed by atoms with Crippen molar-refractivity contribution in [1.82, 2.24) is 0 Å². The van der Waals surface area contributed by atoms with Gasteiger partial charge in [0.05, 0.1) is 7.11 Å². The van der Waals surface area contributed by atoms with Crippen LogP contribution >= 0.6 is 0 Å². The Balaban J connectivity index is 4.86. The monoisotopic (exact) mass is 344 g/mol. The van der Waals surface area contributed by atoms with E-state index in [2.05, 4.69) is 58.2 Å². The molecule has 0 aliphatic rings. The molecule has 0 saturated heterocycles. The standard InChI is InChI=1S/C17H36O3Si2/c1-17(2,3)22(8,9)20-15(13-14-21(5,6)7)11-10-12-16(18)19-4/h10,12,15H,11,13-14H2,1-9H3/b12-10+/t15-/m0/s1. The van der Waals surface area contributed by atoms with Gasteiger partial charge >= 0.3 is 5.97 Å². The Labute approximate surface area is 139 Å². The van der Waals surface area contributed by atoms with Crippen molar-refractivity contribution in [3.63, 3.8) is 0 Å². The van der Waals surface area contributed by atoms with Gasteiger partial charge in [-0.05, 0) is 31.0 Å². The Morgan fingerprint density at radius 1 is 1.14 bits per heavy atom. The summed E-state index contributed by atoms with van der Waals surface area (Å²) in [5.41, 5.74) is 0. The molecule has 0 aromatic heterocycles. The van der Waals surface area contributed by atoms with E-state index in [4.69, 9.17) is 4.43 Å². The lowest BCUT2D eigenvalue weighted by atomic mass is 10.2. The first kappa shape index (κ1) is 21.6. The highest BCUT2D eigenvalue weighted by Gasteiger charge is 2.39. The zero-order chi connectivity index (χ0) is 17.6. The van der Waals surface area contributed by atoms with E-state index >= 15 is 0 Å². The summed E-state index contributed by atoms with van der Waals surface area (Å²) < 4.78 is 11.2. The van der Waals surface area contributed by atoms with Crippen molar-refractivity contribution in [1.29, 1.82) is 0 Å². The number of esters is 1. The molecule has 130 valence electrons. The number of hydrogen-bond donors (Lipinski definition) is 0. The summed E-state index contributed by atoms with van der Waals surface area (Å²) in [6.07, 6.45) is 5.47. The Morgan fingerprint density at radius 2 is 1.68 bits per heavy atom. The molecule has 0 amide bonds. The number of carbonyl (C=O) groups excluding carboxylic acids is 1. The van der Waals surface area contributed by atoms with Crippen molar-refractivity contribution in [3.8, 4) is 0 Å². The van der Waals surface area contributed by atoms with Crippen LogP contribution in [0.2, 0.25) is 43.8 Å². The van der Waals surface area contributed by atoms with E-state index in [0.29, 0.717) is 0 Å². The largest absolute Gasteiger partial charge is 0.466 e. The Hall–Kier alpha value is -0.396. The lowest BCUT2D eigenvalue weighted by molar-refractivity contribution is -0.134. The molecular formula is C17H36O3Si2. The Kier molecular flexibility index (Phi) is 8.30. The van der Waals surface area contributed by atoms with Crippen molar-refractivity contribution in [3.05, 3.63) is 12.2 Å². The smallest absolute Gasteiger partial charge is 0.330 e. The molecule has 5 heteroatoms. The van der Waals surface area contributed by atoms with Crippen LogP contribution in [0.25, 0.3) is 0 Å². The molecule has 1 atom stereocenters. The lowest BCUT2D eigenvalue weighted by Gasteiger charge is -2.39. The van der Waals surface area contributed by atoms with Crippen molar-refractivity contribution < 1.29 is 14.0 Å². The van der Waals surface area contributed by atoms with Crippen molar-refractivity contribution in [2.45, 2.75) is 83.5 Å². The molecule has 0 bridgehead atoms.